The molecule has 0 amide bonds. The monoisotopic (exact) mass is 359 g/mol. The van der Waals surface area contributed by atoms with Gasteiger partial charge in [-0.3, -0.25) is 9.69 Å². The fraction of sp³-hybridized carbons (Fsp3) is 0.864. The molecule has 1 spiro atoms. The standard InChI is InChI=1S/C22H33NO3/c1-14-11-22-17(8-15(14)9-18(22)25)21-5-3-4-20(2,16(21)10-19(22)26)12-23(13-21)6-7-24/h15-17,19,24,26H,1,3-13H2,2H3/t15-,16+,17-,19+,20+,21+,22-/m0/s1. The van der Waals surface area contributed by atoms with Crippen LogP contribution in [0.3, 0.4) is 0 Å². The number of hydrogen-bond donors (Lipinski definition) is 2. The first-order chi connectivity index (χ1) is 12.4. The zero-order valence-electron chi connectivity index (χ0n) is 16.0. The number of aliphatic hydroxyl groups excluding tert-OH is 2. The summed E-state index contributed by atoms with van der Waals surface area (Å²) in [5.41, 5.74) is 0.971. The molecule has 144 valence electrons. The quantitative estimate of drug-likeness (QED) is 0.743. The second-order valence-corrected chi connectivity index (χ2v) is 10.5. The van der Waals surface area contributed by atoms with Crippen molar-refractivity contribution >= 4 is 5.78 Å². The van der Waals surface area contributed by atoms with Gasteiger partial charge in [0.1, 0.15) is 5.78 Å². The molecule has 6 fully saturated rings. The van der Waals surface area contributed by atoms with Crippen molar-refractivity contribution < 1.29 is 15.0 Å². The summed E-state index contributed by atoms with van der Waals surface area (Å²) in [5, 5.41) is 20.9. The van der Waals surface area contributed by atoms with Crippen molar-refractivity contribution in [2.24, 2.45) is 34.0 Å². The van der Waals surface area contributed by atoms with Gasteiger partial charge in [-0.25, -0.2) is 0 Å². The molecule has 26 heavy (non-hydrogen) atoms. The van der Waals surface area contributed by atoms with E-state index in [1.165, 1.54) is 24.8 Å². The Hall–Kier alpha value is -0.710. The van der Waals surface area contributed by atoms with E-state index in [0.29, 0.717) is 36.4 Å². The Morgan fingerprint density at radius 1 is 1.23 bits per heavy atom. The number of hydrogen-bond acceptors (Lipinski definition) is 4. The predicted octanol–water partition coefficient (Wildman–Crippen LogP) is 2.39. The summed E-state index contributed by atoms with van der Waals surface area (Å²) in [5.74, 6) is 1.44. The summed E-state index contributed by atoms with van der Waals surface area (Å²) in [7, 11) is 0. The lowest BCUT2D eigenvalue weighted by molar-refractivity contribution is -0.244. The molecule has 6 rings (SSSR count). The molecule has 6 aliphatic rings. The number of carbonyl (C=O) groups excluding carboxylic acids is 1. The van der Waals surface area contributed by atoms with E-state index < -0.39 is 11.5 Å². The third-order valence-electron chi connectivity index (χ3n) is 9.38. The molecule has 7 atom stereocenters. The van der Waals surface area contributed by atoms with Gasteiger partial charge in [0, 0.05) is 26.1 Å². The molecule has 0 aromatic heterocycles. The minimum atomic E-state index is -0.567. The van der Waals surface area contributed by atoms with Crippen LogP contribution in [0.1, 0.15) is 51.9 Å². The first-order valence-corrected chi connectivity index (χ1v) is 10.6. The number of likely N-dealkylation sites (tertiary alicyclic amines) is 1. The number of piperidine rings is 1. The molecular formula is C22H33NO3. The van der Waals surface area contributed by atoms with Crippen LogP contribution in [0, 0.1) is 34.0 Å². The van der Waals surface area contributed by atoms with Crippen molar-refractivity contribution in [3.8, 4) is 0 Å². The normalized spacial score (nSPS) is 53.3. The molecule has 0 radical (unpaired) electrons. The van der Waals surface area contributed by atoms with Crippen molar-refractivity contribution in [3.63, 3.8) is 0 Å². The largest absolute Gasteiger partial charge is 0.395 e. The summed E-state index contributed by atoms with van der Waals surface area (Å²) in [4.78, 5) is 15.7. The molecule has 1 heterocycles. The zero-order chi connectivity index (χ0) is 18.3. The third kappa shape index (κ3) is 1.94. The second kappa shape index (κ2) is 5.42. The van der Waals surface area contributed by atoms with Crippen molar-refractivity contribution in [3.05, 3.63) is 12.2 Å². The number of nitrogens with zero attached hydrogens (tertiary/aromatic N) is 1. The Balaban J connectivity index is 1.63. The summed E-state index contributed by atoms with van der Waals surface area (Å²) in [6.07, 6.45) is 6.27. The average Bonchev–Trinajstić information content (AvgIpc) is 2.56. The maximum absolute atomic E-state index is 13.2. The van der Waals surface area contributed by atoms with Crippen LogP contribution in [0.5, 0.6) is 0 Å². The molecule has 0 aromatic carbocycles. The lowest BCUT2D eigenvalue weighted by atomic mass is 9.34. The fourth-order valence-electron chi connectivity index (χ4n) is 8.53. The molecule has 0 unspecified atom stereocenters. The highest BCUT2D eigenvalue weighted by Gasteiger charge is 2.72. The van der Waals surface area contributed by atoms with Crippen molar-refractivity contribution in [2.45, 2.75) is 58.0 Å². The van der Waals surface area contributed by atoms with Gasteiger partial charge in [-0.2, -0.15) is 0 Å². The van der Waals surface area contributed by atoms with Gasteiger partial charge in [-0.1, -0.05) is 25.5 Å². The van der Waals surface area contributed by atoms with Crippen LogP contribution in [0.4, 0.5) is 0 Å². The summed E-state index contributed by atoms with van der Waals surface area (Å²) in [6, 6.07) is 0. The Bertz CT molecular complexity index is 662. The molecule has 5 aliphatic carbocycles. The number of carbonyl (C=O) groups is 1. The summed E-state index contributed by atoms with van der Waals surface area (Å²) in [6.45, 7) is 9.65. The van der Waals surface area contributed by atoms with Gasteiger partial charge >= 0.3 is 0 Å². The van der Waals surface area contributed by atoms with Crippen LogP contribution >= 0.6 is 0 Å². The molecule has 1 saturated heterocycles. The topological polar surface area (TPSA) is 60.8 Å². The first-order valence-electron chi connectivity index (χ1n) is 10.6. The number of β-amino-alcohol motifs (C(OH)–C–C–N with tert-alkyl or cyclic N) is 1. The molecule has 5 saturated carbocycles. The number of aliphatic hydroxyl groups is 2. The number of allylic oxidation sites excluding steroid dienone is 1. The van der Waals surface area contributed by atoms with Crippen molar-refractivity contribution in [1.82, 2.24) is 4.90 Å². The number of Topliss-reactive ketones (excluding diaryl/α,β-unsaturated/α-hetero) is 1. The van der Waals surface area contributed by atoms with Crippen LogP contribution in [0.15, 0.2) is 12.2 Å². The van der Waals surface area contributed by atoms with Crippen LogP contribution in [-0.4, -0.2) is 53.2 Å². The highest BCUT2D eigenvalue weighted by molar-refractivity contribution is 5.89. The highest BCUT2D eigenvalue weighted by Crippen LogP contribution is 2.72. The van der Waals surface area contributed by atoms with Crippen LogP contribution in [0.2, 0.25) is 0 Å². The number of ketones is 1. The fourth-order valence-corrected chi connectivity index (χ4v) is 8.53. The summed E-state index contributed by atoms with van der Waals surface area (Å²) >= 11 is 0. The molecule has 4 bridgehead atoms. The molecular weight excluding hydrogens is 326 g/mol. The SMILES string of the molecule is C=C1C[C@@]23C(=O)C[C@@H]1C[C@H]2[C@]12CCC[C@](C)(CN(CCO)C1)[C@H]2C[C@H]3O. The maximum atomic E-state index is 13.2. The van der Waals surface area contributed by atoms with Crippen molar-refractivity contribution in [2.75, 3.05) is 26.2 Å². The zero-order valence-corrected chi connectivity index (χ0v) is 16.0. The van der Waals surface area contributed by atoms with Crippen LogP contribution in [-0.2, 0) is 4.79 Å². The molecule has 4 heteroatoms. The van der Waals surface area contributed by atoms with E-state index in [1.54, 1.807) is 0 Å². The summed E-state index contributed by atoms with van der Waals surface area (Å²) < 4.78 is 0. The molecule has 0 aromatic rings. The van der Waals surface area contributed by atoms with Gasteiger partial charge in [0.2, 0.25) is 0 Å². The Labute approximate surface area is 156 Å². The van der Waals surface area contributed by atoms with E-state index in [1.807, 2.05) is 0 Å². The van der Waals surface area contributed by atoms with E-state index in [4.69, 9.17) is 0 Å². The first kappa shape index (κ1) is 17.4. The molecule has 2 N–H and O–H groups in total. The lowest BCUT2D eigenvalue weighted by Crippen LogP contribution is -2.73. The smallest absolute Gasteiger partial charge is 0.142 e. The number of fused-ring (bicyclic) bond motifs is 2. The van der Waals surface area contributed by atoms with E-state index in [2.05, 4.69) is 18.4 Å². The van der Waals surface area contributed by atoms with Gasteiger partial charge in [0.15, 0.2) is 0 Å². The third-order valence-corrected chi connectivity index (χ3v) is 9.38. The van der Waals surface area contributed by atoms with Gasteiger partial charge in [-0.15, -0.1) is 0 Å². The van der Waals surface area contributed by atoms with Gasteiger partial charge < -0.3 is 10.2 Å². The van der Waals surface area contributed by atoms with E-state index >= 15 is 0 Å². The predicted molar refractivity (Wildman–Crippen MR) is 99.4 cm³/mol. The molecule has 1 aliphatic heterocycles. The minimum absolute atomic E-state index is 0.134. The lowest BCUT2D eigenvalue weighted by Gasteiger charge is -2.72. The van der Waals surface area contributed by atoms with E-state index in [-0.39, 0.29) is 17.4 Å². The van der Waals surface area contributed by atoms with E-state index in [0.717, 1.165) is 32.5 Å². The van der Waals surface area contributed by atoms with E-state index in [9.17, 15) is 15.0 Å². The van der Waals surface area contributed by atoms with Gasteiger partial charge in [0.05, 0.1) is 18.1 Å². The maximum Gasteiger partial charge on any atom is 0.142 e. The molecule has 4 nitrogen and oxygen atoms in total. The Morgan fingerprint density at radius 2 is 2.04 bits per heavy atom. The Kier molecular flexibility index (Phi) is 3.63. The highest BCUT2D eigenvalue weighted by atomic mass is 16.3. The van der Waals surface area contributed by atoms with Gasteiger partial charge in [-0.05, 0) is 60.7 Å². The second-order valence-electron chi connectivity index (χ2n) is 10.5. The van der Waals surface area contributed by atoms with Crippen LogP contribution < -0.4 is 0 Å². The van der Waals surface area contributed by atoms with Gasteiger partial charge in [0.25, 0.3) is 0 Å². The number of rotatable bonds is 2. The van der Waals surface area contributed by atoms with Crippen molar-refractivity contribution in [1.29, 1.82) is 0 Å². The minimum Gasteiger partial charge on any atom is -0.395 e. The Morgan fingerprint density at radius 3 is 2.81 bits per heavy atom. The average molecular weight is 360 g/mol. The van der Waals surface area contributed by atoms with Crippen LogP contribution in [0.25, 0.3) is 0 Å².